The maximum atomic E-state index is 12.3. The average Bonchev–Trinajstić information content (AvgIpc) is 3.04. The lowest BCUT2D eigenvalue weighted by atomic mass is 9.44. The van der Waals surface area contributed by atoms with Crippen LogP contribution in [0.15, 0.2) is 0 Å². The molecular formula is C26H40O3. The zero-order valence-electron chi connectivity index (χ0n) is 18.7. The molecule has 0 aromatic carbocycles. The summed E-state index contributed by atoms with van der Waals surface area (Å²) >= 11 is 0. The molecule has 0 spiro atoms. The molecule has 0 aromatic rings. The first-order valence-corrected chi connectivity index (χ1v) is 12.1. The van der Waals surface area contributed by atoms with Crippen molar-refractivity contribution in [2.45, 2.75) is 97.0 Å². The van der Waals surface area contributed by atoms with Crippen molar-refractivity contribution in [3.05, 3.63) is 0 Å². The van der Waals surface area contributed by atoms with Crippen LogP contribution in [0.3, 0.4) is 0 Å². The molecule has 0 aromatic heterocycles. The van der Waals surface area contributed by atoms with E-state index >= 15 is 0 Å². The second-order valence-corrected chi connectivity index (χ2v) is 11.3. The molecule has 8 atom stereocenters. The summed E-state index contributed by atoms with van der Waals surface area (Å²) in [5.41, 5.74) is -0.288. The lowest BCUT2D eigenvalue weighted by Crippen LogP contribution is -2.56. The van der Waals surface area contributed by atoms with Gasteiger partial charge >= 0.3 is 0 Å². The van der Waals surface area contributed by atoms with Crippen LogP contribution in [0.1, 0.15) is 91.4 Å². The molecule has 4 fully saturated rings. The van der Waals surface area contributed by atoms with Gasteiger partial charge in [-0.1, -0.05) is 19.8 Å². The number of carbonyl (C=O) groups is 1. The van der Waals surface area contributed by atoms with E-state index in [0.717, 1.165) is 37.5 Å². The highest BCUT2D eigenvalue weighted by Gasteiger charge is 2.61. The minimum atomic E-state index is -0.831. The monoisotopic (exact) mass is 400 g/mol. The number of rotatable bonds is 3. The van der Waals surface area contributed by atoms with Crippen LogP contribution in [0, 0.1) is 52.3 Å². The Morgan fingerprint density at radius 3 is 2.48 bits per heavy atom. The van der Waals surface area contributed by atoms with Crippen LogP contribution in [0.2, 0.25) is 0 Å². The van der Waals surface area contributed by atoms with Gasteiger partial charge in [-0.3, -0.25) is 4.79 Å². The third kappa shape index (κ3) is 3.49. The molecule has 29 heavy (non-hydrogen) atoms. The van der Waals surface area contributed by atoms with Gasteiger partial charge in [0.15, 0.2) is 0 Å². The third-order valence-corrected chi connectivity index (χ3v) is 10.00. The predicted octanol–water partition coefficient (Wildman–Crippen LogP) is 4.74. The summed E-state index contributed by atoms with van der Waals surface area (Å²) < 4.78 is 0. The van der Waals surface area contributed by atoms with Gasteiger partial charge in [-0.2, -0.15) is 0 Å². The van der Waals surface area contributed by atoms with E-state index < -0.39 is 5.60 Å². The van der Waals surface area contributed by atoms with Crippen LogP contribution in [0.4, 0.5) is 0 Å². The average molecular weight is 401 g/mol. The van der Waals surface area contributed by atoms with Crippen molar-refractivity contribution in [1.29, 1.82) is 0 Å². The maximum Gasteiger partial charge on any atom is 0.133 e. The molecule has 0 heterocycles. The number of hydrogen-bond donors (Lipinski definition) is 2. The van der Waals surface area contributed by atoms with Crippen LogP contribution >= 0.6 is 0 Å². The first kappa shape index (κ1) is 21.4. The van der Waals surface area contributed by atoms with Gasteiger partial charge in [0, 0.05) is 18.9 Å². The van der Waals surface area contributed by atoms with E-state index in [-0.39, 0.29) is 17.9 Å². The fourth-order valence-electron chi connectivity index (χ4n) is 8.42. The van der Waals surface area contributed by atoms with E-state index in [9.17, 15) is 9.90 Å². The SMILES string of the molecule is CC(=O)[C@H]1CC[C@H]2[C@@H]3CC[C@@H]4C[C@@](O)(C#CCCCO)CC[C@]4(C)[C@H]3CC[C@]12C. The molecule has 3 nitrogen and oxygen atoms in total. The van der Waals surface area contributed by atoms with Gasteiger partial charge in [0.25, 0.3) is 0 Å². The molecule has 0 radical (unpaired) electrons. The number of unbranched alkanes of at least 4 members (excludes halogenated alkanes) is 1. The van der Waals surface area contributed by atoms with Crippen LogP contribution in [0.25, 0.3) is 0 Å². The largest absolute Gasteiger partial charge is 0.396 e. The second kappa shape index (κ2) is 7.69. The summed E-state index contributed by atoms with van der Waals surface area (Å²) in [5.74, 6) is 9.77. The molecule has 4 saturated carbocycles. The van der Waals surface area contributed by atoms with Gasteiger partial charge in [-0.05, 0) is 106 Å². The summed E-state index contributed by atoms with van der Waals surface area (Å²) in [6.07, 6.45) is 11.3. The van der Waals surface area contributed by atoms with E-state index in [1.165, 1.54) is 32.1 Å². The fourth-order valence-corrected chi connectivity index (χ4v) is 8.42. The standard InChI is InChI=1S/C26H40O3/c1-18(28)21-9-10-22-20-8-7-19-17-26(29,12-5-4-6-16-27)15-14-24(19,2)23(20)11-13-25(21,22)3/h19-23,27,29H,4,6-11,13-17H2,1-3H3/t19-,20+,21-,22+,23+,24+,25-,26-/m1/s1. The molecule has 2 N–H and O–H groups in total. The first-order valence-electron chi connectivity index (χ1n) is 12.1. The molecule has 0 aliphatic heterocycles. The quantitative estimate of drug-likeness (QED) is 0.531. The Balaban J connectivity index is 1.50. The van der Waals surface area contributed by atoms with E-state index in [1.807, 2.05) is 6.92 Å². The maximum absolute atomic E-state index is 12.3. The molecule has 0 saturated heterocycles. The van der Waals surface area contributed by atoms with Crippen molar-refractivity contribution in [2.75, 3.05) is 6.61 Å². The highest BCUT2D eigenvalue weighted by molar-refractivity contribution is 5.79. The highest BCUT2D eigenvalue weighted by atomic mass is 16.3. The Hall–Kier alpha value is -0.850. The number of carbonyl (C=O) groups excluding carboxylic acids is 1. The van der Waals surface area contributed by atoms with Gasteiger partial charge in [-0.25, -0.2) is 0 Å². The minimum absolute atomic E-state index is 0.168. The van der Waals surface area contributed by atoms with Crippen molar-refractivity contribution in [3.63, 3.8) is 0 Å². The van der Waals surface area contributed by atoms with Crippen molar-refractivity contribution in [1.82, 2.24) is 0 Å². The van der Waals surface area contributed by atoms with Crippen LogP contribution in [-0.2, 0) is 4.79 Å². The van der Waals surface area contributed by atoms with Gasteiger partial charge in [-0.15, -0.1) is 5.92 Å². The fraction of sp³-hybridized carbons (Fsp3) is 0.885. The molecule has 0 bridgehead atoms. The lowest BCUT2D eigenvalue weighted by Gasteiger charge is -2.61. The van der Waals surface area contributed by atoms with Gasteiger partial charge in [0.1, 0.15) is 11.4 Å². The number of aliphatic hydroxyl groups is 2. The molecule has 0 unspecified atom stereocenters. The van der Waals surface area contributed by atoms with Gasteiger partial charge in [0.05, 0.1) is 0 Å². The molecule has 3 heteroatoms. The van der Waals surface area contributed by atoms with Crippen molar-refractivity contribution in [2.24, 2.45) is 40.4 Å². The topological polar surface area (TPSA) is 57.5 Å². The summed E-state index contributed by atoms with van der Waals surface area (Å²) in [6, 6.07) is 0. The van der Waals surface area contributed by atoms with Crippen molar-refractivity contribution < 1.29 is 15.0 Å². The van der Waals surface area contributed by atoms with Crippen LogP contribution in [-0.4, -0.2) is 28.2 Å². The molecule has 0 amide bonds. The number of Topliss-reactive ketones (excluding diaryl/α,β-unsaturated/α-hetero) is 1. The summed E-state index contributed by atoms with van der Waals surface area (Å²) in [5, 5.41) is 20.1. The molecule has 4 aliphatic rings. The Bertz CT molecular complexity index is 704. The van der Waals surface area contributed by atoms with E-state index in [0.29, 0.717) is 35.9 Å². The lowest BCUT2D eigenvalue weighted by molar-refractivity contribution is -0.144. The number of aliphatic hydroxyl groups excluding tert-OH is 1. The van der Waals surface area contributed by atoms with Crippen molar-refractivity contribution >= 4 is 5.78 Å². The third-order valence-electron chi connectivity index (χ3n) is 10.00. The minimum Gasteiger partial charge on any atom is -0.396 e. The molecule has 162 valence electrons. The van der Waals surface area contributed by atoms with E-state index in [2.05, 4.69) is 25.7 Å². The first-order chi connectivity index (χ1) is 13.7. The Kier molecular flexibility index (Phi) is 5.67. The zero-order chi connectivity index (χ0) is 20.9. The second-order valence-electron chi connectivity index (χ2n) is 11.3. The Morgan fingerprint density at radius 2 is 1.76 bits per heavy atom. The molecule has 4 rings (SSSR count). The van der Waals surface area contributed by atoms with E-state index in [1.54, 1.807) is 0 Å². The predicted molar refractivity (Wildman–Crippen MR) is 115 cm³/mol. The molecular weight excluding hydrogens is 360 g/mol. The number of fused-ring (bicyclic) bond motifs is 5. The van der Waals surface area contributed by atoms with Gasteiger partial charge in [0.2, 0.25) is 0 Å². The molecule has 4 aliphatic carbocycles. The Labute approximate surface area is 177 Å². The number of hydrogen-bond acceptors (Lipinski definition) is 3. The summed E-state index contributed by atoms with van der Waals surface area (Å²) in [4.78, 5) is 12.3. The zero-order valence-corrected chi connectivity index (χ0v) is 18.7. The highest BCUT2D eigenvalue weighted by Crippen LogP contribution is 2.68. The normalized spacial score (nSPS) is 48.7. The van der Waals surface area contributed by atoms with Gasteiger partial charge < -0.3 is 10.2 Å². The Morgan fingerprint density at radius 1 is 1.00 bits per heavy atom. The van der Waals surface area contributed by atoms with E-state index in [4.69, 9.17) is 5.11 Å². The van der Waals surface area contributed by atoms with Crippen LogP contribution < -0.4 is 0 Å². The smallest absolute Gasteiger partial charge is 0.133 e. The summed E-state index contributed by atoms with van der Waals surface area (Å²) in [6.45, 7) is 6.91. The number of ketones is 1. The van der Waals surface area contributed by atoms with Crippen LogP contribution in [0.5, 0.6) is 0 Å². The summed E-state index contributed by atoms with van der Waals surface area (Å²) in [7, 11) is 0. The van der Waals surface area contributed by atoms with Crippen molar-refractivity contribution in [3.8, 4) is 11.8 Å².